The molecular weight excluding hydrogens is 246 g/mol. The Labute approximate surface area is 111 Å². The Hall–Kier alpha value is -1.46. The Kier molecular flexibility index (Phi) is 3.03. The summed E-state index contributed by atoms with van der Waals surface area (Å²) in [7, 11) is 0. The van der Waals surface area contributed by atoms with E-state index in [-0.39, 0.29) is 22.8 Å². The quantitative estimate of drug-likeness (QED) is 0.606. The molecule has 1 aliphatic heterocycles. The summed E-state index contributed by atoms with van der Waals surface area (Å²) in [5.74, 6) is -0.506. The predicted molar refractivity (Wildman–Crippen MR) is 68.7 cm³/mol. The largest absolute Gasteiger partial charge is 0.344 e. The van der Waals surface area contributed by atoms with Crippen molar-refractivity contribution in [2.45, 2.75) is 50.6 Å². The Morgan fingerprint density at radius 3 is 2.63 bits per heavy atom. The minimum absolute atomic E-state index is 0.109. The molecule has 2 fully saturated rings. The summed E-state index contributed by atoms with van der Waals surface area (Å²) in [4.78, 5) is 10.8. The fourth-order valence-corrected chi connectivity index (χ4v) is 3.12. The minimum atomic E-state index is -0.506. The fourth-order valence-electron chi connectivity index (χ4n) is 3.12. The first kappa shape index (κ1) is 12.6. The third kappa shape index (κ3) is 2.13. The smallest absolute Gasteiger partial charge is 0.275 e. The van der Waals surface area contributed by atoms with E-state index < -0.39 is 5.79 Å². The zero-order valence-corrected chi connectivity index (χ0v) is 10.9. The lowest BCUT2D eigenvalue weighted by molar-refractivity contribution is -0.386. The van der Waals surface area contributed by atoms with Crippen LogP contribution in [0.2, 0.25) is 0 Å². The van der Waals surface area contributed by atoms with Gasteiger partial charge in [0.05, 0.1) is 16.6 Å². The molecule has 0 aromatic heterocycles. The maximum absolute atomic E-state index is 11.1. The molecule has 1 saturated heterocycles. The van der Waals surface area contributed by atoms with Crippen LogP contribution in [0.4, 0.5) is 5.69 Å². The van der Waals surface area contributed by atoms with E-state index in [1.807, 2.05) is 6.92 Å². The van der Waals surface area contributed by atoms with Crippen molar-refractivity contribution in [2.75, 3.05) is 0 Å². The first-order valence-electron chi connectivity index (χ1n) is 6.70. The Bertz CT molecular complexity index is 496. The number of ether oxygens (including phenoxy) is 2. The average molecular weight is 263 g/mol. The second kappa shape index (κ2) is 4.58. The topological polar surface area (TPSA) is 61.6 Å². The molecule has 0 radical (unpaired) electrons. The minimum Gasteiger partial charge on any atom is -0.344 e. The zero-order valence-electron chi connectivity index (χ0n) is 10.9. The molecule has 1 aromatic carbocycles. The SMILES string of the molecule is C[C@@H]1OC2(CCCC2)O[C@H]1c1ccccc1[N+](=O)[O-]. The van der Waals surface area contributed by atoms with E-state index >= 15 is 0 Å². The molecule has 0 amide bonds. The van der Waals surface area contributed by atoms with Gasteiger partial charge < -0.3 is 9.47 Å². The van der Waals surface area contributed by atoms with Crippen molar-refractivity contribution >= 4 is 5.69 Å². The van der Waals surface area contributed by atoms with Gasteiger partial charge in [-0.1, -0.05) is 12.1 Å². The van der Waals surface area contributed by atoms with E-state index in [4.69, 9.17) is 9.47 Å². The van der Waals surface area contributed by atoms with E-state index in [0.717, 1.165) is 25.7 Å². The lowest BCUT2D eigenvalue weighted by Gasteiger charge is -2.21. The molecule has 5 heteroatoms. The fraction of sp³-hybridized carbons (Fsp3) is 0.571. The molecular formula is C14H17NO4. The van der Waals surface area contributed by atoms with Crippen molar-refractivity contribution in [3.63, 3.8) is 0 Å². The van der Waals surface area contributed by atoms with Crippen LogP contribution in [-0.2, 0) is 9.47 Å². The van der Waals surface area contributed by atoms with Crippen LogP contribution in [-0.4, -0.2) is 16.8 Å². The summed E-state index contributed by atoms with van der Waals surface area (Å²) in [5.41, 5.74) is 0.724. The summed E-state index contributed by atoms with van der Waals surface area (Å²) in [6, 6.07) is 6.76. The molecule has 0 unspecified atom stereocenters. The van der Waals surface area contributed by atoms with Gasteiger partial charge >= 0.3 is 0 Å². The Morgan fingerprint density at radius 1 is 1.26 bits per heavy atom. The number of nitro benzene ring substituents is 1. The van der Waals surface area contributed by atoms with Gasteiger partial charge in [0, 0.05) is 18.9 Å². The van der Waals surface area contributed by atoms with Gasteiger partial charge in [0.2, 0.25) is 0 Å². The van der Waals surface area contributed by atoms with Gasteiger partial charge in [-0.3, -0.25) is 10.1 Å². The lowest BCUT2D eigenvalue weighted by Crippen LogP contribution is -2.26. The van der Waals surface area contributed by atoms with Crippen molar-refractivity contribution in [1.82, 2.24) is 0 Å². The monoisotopic (exact) mass is 263 g/mol. The normalized spacial score (nSPS) is 28.9. The molecule has 2 aliphatic rings. The van der Waals surface area contributed by atoms with Crippen molar-refractivity contribution in [2.24, 2.45) is 0 Å². The standard InChI is InChI=1S/C14H17NO4/c1-10-13(19-14(18-10)8-4-5-9-14)11-6-2-3-7-12(11)15(16)17/h2-3,6-7,10,13H,4-5,8-9H2,1H3/t10-,13+/m0/s1. The third-order valence-corrected chi connectivity index (χ3v) is 3.97. The van der Waals surface area contributed by atoms with Crippen molar-refractivity contribution < 1.29 is 14.4 Å². The molecule has 0 N–H and O–H groups in total. The zero-order chi connectivity index (χ0) is 13.5. The van der Waals surface area contributed by atoms with Gasteiger partial charge in [0.1, 0.15) is 6.10 Å². The molecule has 1 heterocycles. The molecule has 3 rings (SSSR count). The van der Waals surface area contributed by atoms with Gasteiger partial charge in [-0.25, -0.2) is 0 Å². The number of hydrogen-bond acceptors (Lipinski definition) is 4. The van der Waals surface area contributed by atoms with Crippen LogP contribution in [0, 0.1) is 10.1 Å². The van der Waals surface area contributed by atoms with Crippen LogP contribution in [0.25, 0.3) is 0 Å². The molecule has 1 aromatic rings. The highest BCUT2D eigenvalue weighted by atomic mass is 16.8. The summed E-state index contributed by atoms with van der Waals surface area (Å²) in [6.45, 7) is 1.93. The van der Waals surface area contributed by atoms with Crippen molar-refractivity contribution in [3.8, 4) is 0 Å². The highest BCUT2D eigenvalue weighted by molar-refractivity contribution is 5.42. The van der Waals surface area contributed by atoms with Crippen molar-refractivity contribution in [3.05, 3.63) is 39.9 Å². The van der Waals surface area contributed by atoms with Gasteiger partial charge in [-0.05, 0) is 25.8 Å². The molecule has 2 atom stereocenters. The van der Waals surface area contributed by atoms with E-state index in [1.165, 1.54) is 6.07 Å². The molecule has 1 aliphatic carbocycles. The third-order valence-electron chi connectivity index (χ3n) is 3.97. The highest BCUT2D eigenvalue weighted by Crippen LogP contribution is 2.48. The van der Waals surface area contributed by atoms with E-state index in [1.54, 1.807) is 18.2 Å². The lowest BCUT2D eigenvalue weighted by atomic mass is 10.0. The molecule has 1 spiro atoms. The van der Waals surface area contributed by atoms with Crippen LogP contribution in [0.5, 0.6) is 0 Å². The molecule has 5 nitrogen and oxygen atoms in total. The number of para-hydroxylation sites is 1. The first-order valence-corrected chi connectivity index (χ1v) is 6.70. The van der Waals surface area contributed by atoms with Crippen LogP contribution in [0.3, 0.4) is 0 Å². The van der Waals surface area contributed by atoms with Gasteiger partial charge in [-0.2, -0.15) is 0 Å². The number of benzene rings is 1. The average Bonchev–Trinajstić information content (AvgIpc) is 2.97. The van der Waals surface area contributed by atoms with Crippen molar-refractivity contribution in [1.29, 1.82) is 0 Å². The van der Waals surface area contributed by atoms with Crippen LogP contribution in [0.15, 0.2) is 24.3 Å². The molecule has 102 valence electrons. The van der Waals surface area contributed by atoms with E-state index in [2.05, 4.69) is 0 Å². The Morgan fingerprint density at radius 2 is 1.95 bits per heavy atom. The van der Waals surface area contributed by atoms with Gasteiger partial charge in [0.15, 0.2) is 5.79 Å². The van der Waals surface area contributed by atoms with Gasteiger partial charge in [0.25, 0.3) is 5.69 Å². The number of nitro groups is 1. The van der Waals surface area contributed by atoms with E-state index in [0.29, 0.717) is 5.56 Å². The second-order valence-electron chi connectivity index (χ2n) is 5.30. The Balaban J connectivity index is 1.92. The van der Waals surface area contributed by atoms with Crippen LogP contribution in [0.1, 0.15) is 44.3 Å². The van der Waals surface area contributed by atoms with Gasteiger partial charge in [-0.15, -0.1) is 0 Å². The first-order chi connectivity index (χ1) is 9.11. The number of rotatable bonds is 2. The second-order valence-corrected chi connectivity index (χ2v) is 5.30. The molecule has 19 heavy (non-hydrogen) atoms. The summed E-state index contributed by atoms with van der Waals surface area (Å²) < 4.78 is 12.0. The predicted octanol–water partition coefficient (Wildman–Crippen LogP) is 3.34. The van der Waals surface area contributed by atoms with Crippen LogP contribution < -0.4 is 0 Å². The summed E-state index contributed by atoms with van der Waals surface area (Å²) in [5, 5.41) is 11.1. The van der Waals surface area contributed by atoms with Crippen LogP contribution >= 0.6 is 0 Å². The summed E-state index contributed by atoms with van der Waals surface area (Å²) >= 11 is 0. The number of nitrogens with zero attached hydrogens (tertiary/aromatic N) is 1. The van der Waals surface area contributed by atoms with E-state index in [9.17, 15) is 10.1 Å². The maximum Gasteiger partial charge on any atom is 0.275 e. The maximum atomic E-state index is 11.1. The molecule has 0 bridgehead atoms. The molecule has 1 saturated carbocycles. The number of hydrogen-bond donors (Lipinski definition) is 0. The summed E-state index contributed by atoms with van der Waals surface area (Å²) in [6.07, 6.45) is 3.45. The highest BCUT2D eigenvalue weighted by Gasteiger charge is 2.49.